The minimum atomic E-state index is -1.16. The number of aromatic nitrogens is 2. The van der Waals surface area contributed by atoms with Gasteiger partial charge in [0.2, 0.25) is 0 Å². The Bertz CT molecular complexity index is 676. The van der Waals surface area contributed by atoms with E-state index in [1.54, 1.807) is 6.07 Å². The summed E-state index contributed by atoms with van der Waals surface area (Å²) in [4.78, 5) is 21.8. The number of nitro groups is 1. The highest BCUT2D eigenvalue weighted by atomic mass is 16.6. The molecule has 1 aromatic heterocycles. The summed E-state index contributed by atoms with van der Waals surface area (Å²) in [5.41, 5.74) is 0.102. The number of para-hydroxylation sites is 1. The highest BCUT2D eigenvalue weighted by molar-refractivity contribution is 5.95. The van der Waals surface area contributed by atoms with Crippen LogP contribution in [0.3, 0.4) is 0 Å². The van der Waals surface area contributed by atoms with Crippen LogP contribution in [0.4, 0.5) is 5.69 Å². The summed E-state index contributed by atoms with van der Waals surface area (Å²) >= 11 is 0. The average molecular weight is 275 g/mol. The summed E-state index contributed by atoms with van der Waals surface area (Å²) in [7, 11) is 0. The summed E-state index contributed by atoms with van der Waals surface area (Å²) in [6.07, 6.45) is 1.39. The van der Waals surface area contributed by atoms with Crippen LogP contribution >= 0.6 is 0 Å². The molecule has 0 aliphatic carbocycles. The van der Waals surface area contributed by atoms with Crippen molar-refractivity contribution in [3.05, 3.63) is 46.1 Å². The second kappa shape index (κ2) is 5.12. The van der Waals surface area contributed by atoms with Gasteiger partial charge in [0.05, 0.1) is 10.5 Å². The van der Waals surface area contributed by atoms with Crippen LogP contribution in [-0.2, 0) is 0 Å². The summed E-state index contributed by atoms with van der Waals surface area (Å²) in [6.45, 7) is 3.70. The van der Waals surface area contributed by atoms with Crippen LogP contribution in [0, 0.1) is 10.1 Å². The third kappa shape index (κ3) is 2.37. The molecule has 0 saturated carbocycles. The quantitative estimate of drug-likeness (QED) is 0.683. The number of carboxylic acid groups (broad SMARTS) is 1. The minimum absolute atomic E-state index is 0.0374. The van der Waals surface area contributed by atoms with E-state index in [9.17, 15) is 20.0 Å². The Morgan fingerprint density at radius 2 is 2.05 bits per heavy atom. The fraction of sp³-hybridized carbons (Fsp3) is 0.231. The van der Waals surface area contributed by atoms with Crippen LogP contribution in [0.2, 0.25) is 0 Å². The van der Waals surface area contributed by atoms with Gasteiger partial charge >= 0.3 is 5.97 Å². The lowest BCUT2D eigenvalue weighted by Crippen LogP contribution is -2.01. The minimum Gasteiger partial charge on any atom is -0.478 e. The zero-order valence-electron chi connectivity index (χ0n) is 11.0. The molecule has 20 heavy (non-hydrogen) atoms. The van der Waals surface area contributed by atoms with Crippen molar-refractivity contribution in [1.82, 2.24) is 9.78 Å². The molecule has 0 amide bonds. The van der Waals surface area contributed by atoms with Crippen molar-refractivity contribution in [3.8, 4) is 11.3 Å². The number of nitrogens with zero attached hydrogens (tertiary/aromatic N) is 3. The Morgan fingerprint density at radius 3 is 2.60 bits per heavy atom. The number of hydrogen-bond donors (Lipinski definition) is 1. The molecule has 0 spiro atoms. The molecule has 7 nitrogen and oxygen atoms in total. The van der Waals surface area contributed by atoms with E-state index in [0.29, 0.717) is 0 Å². The van der Waals surface area contributed by atoms with Crippen LogP contribution in [0.15, 0.2) is 30.5 Å². The number of carboxylic acids is 1. The molecular formula is C13H13N3O4. The van der Waals surface area contributed by atoms with Crippen molar-refractivity contribution in [3.63, 3.8) is 0 Å². The van der Waals surface area contributed by atoms with E-state index in [-0.39, 0.29) is 28.6 Å². The van der Waals surface area contributed by atoms with E-state index >= 15 is 0 Å². The van der Waals surface area contributed by atoms with Crippen molar-refractivity contribution >= 4 is 11.7 Å². The maximum atomic E-state index is 11.3. The molecule has 0 saturated heterocycles. The van der Waals surface area contributed by atoms with Gasteiger partial charge in [-0.05, 0) is 19.9 Å². The second-order valence-corrected chi connectivity index (χ2v) is 4.54. The van der Waals surface area contributed by atoms with Crippen LogP contribution in [-0.4, -0.2) is 25.8 Å². The lowest BCUT2D eigenvalue weighted by molar-refractivity contribution is -0.384. The van der Waals surface area contributed by atoms with E-state index in [0.717, 1.165) is 0 Å². The van der Waals surface area contributed by atoms with E-state index in [4.69, 9.17) is 0 Å². The average Bonchev–Trinajstić information content (AvgIpc) is 2.83. The van der Waals surface area contributed by atoms with E-state index < -0.39 is 10.9 Å². The molecular weight excluding hydrogens is 262 g/mol. The molecule has 0 atom stereocenters. The molecule has 104 valence electrons. The summed E-state index contributed by atoms with van der Waals surface area (Å²) in [5.74, 6) is -1.16. The van der Waals surface area contributed by atoms with Gasteiger partial charge in [-0.25, -0.2) is 4.79 Å². The lowest BCUT2D eigenvalue weighted by atomic mass is 10.1. The first-order valence-corrected chi connectivity index (χ1v) is 5.98. The number of hydrogen-bond acceptors (Lipinski definition) is 4. The smallest absolute Gasteiger partial charge is 0.339 e. The highest BCUT2D eigenvalue weighted by Crippen LogP contribution is 2.31. The second-order valence-electron chi connectivity index (χ2n) is 4.54. The standard InChI is InChI=1S/C13H13N3O4/c1-8(2)15-7-10(13(17)18)12(14-15)9-5-3-4-6-11(9)16(19)20/h3-8H,1-2H3,(H,17,18). The predicted octanol–water partition coefficient (Wildman–Crippen LogP) is 2.74. The van der Waals surface area contributed by atoms with Gasteiger partial charge in [0, 0.05) is 18.3 Å². The predicted molar refractivity (Wildman–Crippen MR) is 71.7 cm³/mol. The lowest BCUT2D eigenvalue weighted by Gasteiger charge is -2.03. The fourth-order valence-corrected chi connectivity index (χ4v) is 1.84. The number of nitro benzene ring substituents is 1. The summed E-state index contributed by atoms with van der Waals surface area (Å²) in [5, 5.41) is 24.4. The summed E-state index contributed by atoms with van der Waals surface area (Å²) in [6, 6.07) is 5.93. The topological polar surface area (TPSA) is 98.3 Å². The van der Waals surface area contributed by atoms with Gasteiger partial charge in [-0.3, -0.25) is 14.8 Å². The number of benzene rings is 1. The van der Waals surface area contributed by atoms with Gasteiger partial charge < -0.3 is 5.11 Å². The van der Waals surface area contributed by atoms with E-state index in [1.165, 1.54) is 29.1 Å². The molecule has 2 aromatic rings. The van der Waals surface area contributed by atoms with Crippen molar-refractivity contribution in [2.45, 2.75) is 19.9 Å². The summed E-state index contributed by atoms with van der Waals surface area (Å²) < 4.78 is 1.48. The normalized spacial score (nSPS) is 10.8. The molecule has 1 heterocycles. The van der Waals surface area contributed by atoms with Gasteiger partial charge in [-0.15, -0.1) is 0 Å². The number of rotatable bonds is 4. The van der Waals surface area contributed by atoms with E-state index in [1.807, 2.05) is 13.8 Å². The Morgan fingerprint density at radius 1 is 1.40 bits per heavy atom. The first-order chi connectivity index (χ1) is 9.41. The molecule has 0 aliphatic heterocycles. The largest absolute Gasteiger partial charge is 0.478 e. The molecule has 0 aliphatic rings. The Hall–Kier alpha value is -2.70. The Balaban J connectivity index is 2.69. The fourth-order valence-electron chi connectivity index (χ4n) is 1.84. The SMILES string of the molecule is CC(C)n1cc(C(=O)O)c(-c2ccccc2[N+](=O)[O-])n1. The first kappa shape index (κ1) is 13.7. The van der Waals surface area contributed by atoms with Gasteiger partial charge in [0.1, 0.15) is 11.3 Å². The molecule has 0 fully saturated rings. The van der Waals surface area contributed by atoms with Crippen LogP contribution in [0.1, 0.15) is 30.2 Å². The van der Waals surface area contributed by atoms with Gasteiger partial charge in [-0.1, -0.05) is 12.1 Å². The number of carbonyl (C=O) groups is 1. The van der Waals surface area contributed by atoms with Crippen LogP contribution in [0.25, 0.3) is 11.3 Å². The number of aromatic carboxylic acids is 1. The zero-order valence-corrected chi connectivity index (χ0v) is 11.0. The molecule has 1 aromatic carbocycles. The molecule has 0 radical (unpaired) electrons. The zero-order chi connectivity index (χ0) is 14.9. The van der Waals surface area contributed by atoms with Gasteiger partial charge in [-0.2, -0.15) is 5.10 Å². The maximum Gasteiger partial charge on any atom is 0.339 e. The first-order valence-electron chi connectivity index (χ1n) is 5.98. The van der Waals surface area contributed by atoms with Crippen LogP contribution in [0.5, 0.6) is 0 Å². The third-order valence-corrected chi connectivity index (χ3v) is 2.85. The Kier molecular flexibility index (Phi) is 3.51. The van der Waals surface area contributed by atoms with Gasteiger partial charge in [0.25, 0.3) is 5.69 Å². The van der Waals surface area contributed by atoms with E-state index in [2.05, 4.69) is 5.10 Å². The Labute approximate surface area is 114 Å². The monoisotopic (exact) mass is 275 g/mol. The van der Waals surface area contributed by atoms with Crippen LogP contribution < -0.4 is 0 Å². The van der Waals surface area contributed by atoms with Crippen molar-refractivity contribution in [2.24, 2.45) is 0 Å². The highest BCUT2D eigenvalue weighted by Gasteiger charge is 2.24. The molecule has 0 bridgehead atoms. The molecule has 0 unspecified atom stereocenters. The van der Waals surface area contributed by atoms with Crippen molar-refractivity contribution < 1.29 is 14.8 Å². The third-order valence-electron chi connectivity index (χ3n) is 2.85. The maximum absolute atomic E-state index is 11.3. The van der Waals surface area contributed by atoms with Gasteiger partial charge in [0.15, 0.2) is 0 Å². The molecule has 7 heteroatoms. The molecule has 2 rings (SSSR count). The molecule has 1 N–H and O–H groups in total. The van der Waals surface area contributed by atoms with Crippen molar-refractivity contribution in [2.75, 3.05) is 0 Å². The van der Waals surface area contributed by atoms with Crippen molar-refractivity contribution in [1.29, 1.82) is 0 Å².